The topological polar surface area (TPSA) is 86.9 Å². The lowest BCUT2D eigenvalue weighted by Gasteiger charge is -2.13. The zero-order valence-electron chi connectivity index (χ0n) is 13.2. The van der Waals surface area contributed by atoms with Gasteiger partial charge in [0.25, 0.3) is 5.91 Å². The van der Waals surface area contributed by atoms with Gasteiger partial charge < -0.3 is 15.6 Å². The summed E-state index contributed by atoms with van der Waals surface area (Å²) in [5.41, 5.74) is 1.89. The molecule has 3 rings (SSSR count). The summed E-state index contributed by atoms with van der Waals surface area (Å²) < 4.78 is 0. The quantitative estimate of drug-likeness (QED) is 0.641. The largest absolute Gasteiger partial charge is 0.354 e. The van der Waals surface area contributed by atoms with E-state index in [2.05, 4.69) is 20.6 Å². The van der Waals surface area contributed by atoms with E-state index in [-0.39, 0.29) is 11.8 Å². The predicted molar refractivity (Wildman–Crippen MR) is 94.1 cm³/mol. The number of carbonyl (C=O) groups excluding carboxylic acids is 2. The minimum absolute atomic E-state index is 0.212. The number of imidazole rings is 1. The van der Waals surface area contributed by atoms with Gasteiger partial charge in [0.2, 0.25) is 5.91 Å². The Labute approximate surface area is 143 Å². The average Bonchev–Trinajstić information content (AvgIpc) is 3.23. The lowest BCUT2D eigenvalue weighted by atomic mass is 10.3. The molecule has 0 saturated carbocycles. The molecule has 1 atom stereocenters. The maximum atomic E-state index is 12.1. The van der Waals surface area contributed by atoms with Crippen LogP contribution in [0.3, 0.4) is 0 Å². The fourth-order valence-corrected chi connectivity index (χ4v) is 2.95. The summed E-state index contributed by atoms with van der Waals surface area (Å²) in [6.07, 6.45) is 0.603. The SMILES string of the molecule is CC(NC(=O)c1cccs1)C(=O)NCCc1nc2ccccc2[nH]1. The van der Waals surface area contributed by atoms with Crippen molar-refractivity contribution in [2.75, 3.05) is 6.54 Å². The first-order valence-electron chi connectivity index (χ1n) is 7.69. The number of nitrogens with one attached hydrogen (secondary N) is 3. The number of carbonyl (C=O) groups is 2. The van der Waals surface area contributed by atoms with Crippen molar-refractivity contribution in [3.63, 3.8) is 0 Å². The van der Waals surface area contributed by atoms with Gasteiger partial charge in [-0.05, 0) is 30.5 Å². The van der Waals surface area contributed by atoms with Crippen LogP contribution in [0.2, 0.25) is 0 Å². The van der Waals surface area contributed by atoms with E-state index >= 15 is 0 Å². The number of aromatic amines is 1. The van der Waals surface area contributed by atoms with E-state index in [0.717, 1.165) is 16.9 Å². The second kappa shape index (κ2) is 7.27. The van der Waals surface area contributed by atoms with Crippen molar-refractivity contribution in [1.82, 2.24) is 20.6 Å². The van der Waals surface area contributed by atoms with Crippen LogP contribution in [0.15, 0.2) is 41.8 Å². The summed E-state index contributed by atoms with van der Waals surface area (Å²) in [4.78, 5) is 32.3. The minimum atomic E-state index is -0.588. The molecule has 0 aliphatic rings. The number of amides is 2. The second-order valence-electron chi connectivity index (χ2n) is 5.41. The Morgan fingerprint density at radius 3 is 2.83 bits per heavy atom. The van der Waals surface area contributed by atoms with Crippen LogP contribution < -0.4 is 10.6 Å². The molecule has 124 valence electrons. The Bertz CT molecular complexity index is 808. The van der Waals surface area contributed by atoms with Crippen LogP contribution >= 0.6 is 11.3 Å². The highest BCUT2D eigenvalue weighted by molar-refractivity contribution is 7.12. The molecule has 2 aromatic heterocycles. The molecule has 1 unspecified atom stereocenters. The van der Waals surface area contributed by atoms with Gasteiger partial charge in [0, 0.05) is 13.0 Å². The van der Waals surface area contributed by atoms with Crippen LogP contribution in [0, 0.1) is 0 Å². The molecule has 0 aliphatic heterocycles. The molecule has 6 nitrogen and oxygen atoms in total. The van der Waals surface area contributed by atoms with E-state index in [0.29, 0.717) is 17.8 Å². The number of rotatable bonds is 6. The molecule has 2 amide bonds. The summed E-state index contributed by atoms with van der Waals surface area (Å²) in [6, 6.07) is 10.7. The molecular weight excluding hydrogens is 324 g/mol. The van der Waals surface area contributed by atoms with Crippen LogP contribution in [-0.4, -0.2) is 34.4 Å². The predicted octanol–water partition coefficient (Wildman–Crippen LogP) is 2.10. The number of fused-ring (bicyclic) bond motifs is 1. The van der Waals surface area contributed by atoms with Crippen LogP contribution in [0.5, 0.6) is 0 Å². The third-order valence-electron chi connectivity index (χ3n) is 3.59. The maximum Gasteiger partial charge on any atom is 0.261 e. The smallest absolute Gasteiger partial charge is 0.261 e. The van der Waals surface area contributed by atoms with Crippen molar-refractivity contribution in [2.45, 2.75) is 19.4 Å². The number of thiophene rings is 1. The van der Waals surface area contributed by atoms with Gasteiger partial charge >= 0.3 is 0 Å². The number of nitrogens with zero attached hydrogens (tertiary/aromatic N) is 1. The molecule has 3 N–H and O–H groups in total. The van der Waals surface area contributed by atoms with Gasteiger partial charge in [0.1, 0.15) is 11.9 Å². The standard InChI is InChI=1S/C17H18N4O2S/c1-11(19-17(23)14-7-4-10-24-14)16(22)18-9-8-15-20-12-5-2-3-6-13(12)21-15/h2-7,10-11H,8-9H2,1H3,(H,18,22)(H,19,23)(H,20,21). The molecule has 24 heavy (non-hydrogen) atoms. The number of H-pyrrole nitrogens is 1. The van der Waals surface area contributed by atoms with Crippen LogP contribution in [0.1, 0.15) is 22.4 Å². The lowest BCUT2D eigenvalue weighted by molar-refractivity contribution is -0.122. The Kier molecular flexibility index (Phi) is 4.90. The fraction of sp³-hybridized carbons (Fsp3) is 0.235. The van der Waals surface area contributed by atoms with Gasteiger partial charge in [0.15, 0.2) is 0 Å². The Morgan fingerprint density at radius 1 is 1.25 bits per heavy atom. The highest BCUT2D eigenvalue weighted by Gasteiger charge is 2.16. The first-order valence-corrected chi connectivity index (χ1v) is 8.57. The molecule has 0 fully saturated rings. The van der Waals surface area contributed by atoms with Gasteiger partial charge in [-0.2, -0.15) is 0 Å². The fourth-order valence-electron chi connectivity index (χ4n) is 2.32. The molecule has 7 heteroatoms. The van der Waals surface area contributed by atoms with E-state index in [1.807, 2.05) is 29.6 Å². The number of benzene rings is 1. The molecule has 0 spiro atoms. The normalized spacial score (nSPS) is 12.0. The highest BCUT2D eigenvalue weighted by Crippen LogP contribution is 2.10. The molecular formula is C17H18N4O2S. The zero-order chi connectivity index (χ0) is 16.9. The molecule has 0 aliphatic carbocycles. The van der Waals surface area contributed by atoms with Gasteiger partial charge in [-0.25, -0.2) is 4.98 Å². The first-order chi connectivity index (χ1) is 11.6. The molecule has 2 heterocycles. The first kappa shape index (κ1) is 16.2. The number of hydrogen-bond acceptors (Lipinski definition) is 4. The van der Waals surface area contributed by atoms with Crippen LogP contribution in [0.25, 0.3) is 11.0 Å². The van der Waals surface area contributed by atoms with Crippen molar-refractivity contribution in [3.05, 3.63) is 52.5 Å². The Balaban J connectivity index is 1.47. The molecule has 1 aromatic carbocycles. The van der Waals surface area contributed by atoms with Gasteiger partial charge in [-0.3, -0.25) is 9.59 Å². The molecule has 0 bridgehead atoms. The van der Waals surface area contributed by atoms with E-state index in [1.54, 1.807) is 19.1 Å². The van der Waals surface area contributed by atoms with Crippen molar-refractivity contribution in [1.29, 1.82) is 0 Å². The van der Waals surface area contributed by atoms with Crippen molar-refractivity contribution in [3.8, 4) is 0 Å². The van der Waals surface area contributed by atoms with Crippen LogP contribution in [-0.2, 0) is 11.2 Å². The van der Waals surface area contributed by atoms with E-state index in [9.17, 15) is 9.59 Å². The summed E-state index contributed by atoms with van der Waals surface area (Å²) >= 11 is 1.35. The van der Waals surface area contributed by atoms with E-state index < -0.39 is 6.04 Å². The number of hydrogen-bond donors (Lipinski definition) is 3. The molecule has 0 radical (unpaired) electrons. The van der Waals surface area contributed by atoms with E-state index in [1.165, 1.54) is 11.3 Å². The summed E-state index contributed by atoms with van der Waals surface area (Å²) in [6.45, 7) is 2.12. The van der Waals surface area contributed by atoms with Crippen molar-refractivity contribution < 1.29 is 9.59 Å². The van der Waals surface area contributed by atoms with Gasteiger partial charge in [-0.15, -0.1) is 11.3 Å². The van der Waals surface area contributed by atoms with Crippen LogP contribution in [0.4, 0.5) is 0 Å². The molecule has 3 aromatic rings. The van der Waals surface area contributed by atoms with Gasteiger partial charge in [0.05, 0.1) is 15.9 Å². The third-order valence-corrected chi connectivity index (χ3v) is 4.45. The highest BCUT2D eigenvalue weighted by atomic mass is 32.1. The monoisotopic (exact) mass is 342 g/mol. The summed E-state index contributed by atoms with van der Waals surface area (Å²) in [7, 11) is 0. The lowest BCUT2D eigenvalue weighted by Crippen LogP contribution is -2.45. The zero-order valence-corrected chi connectivity index (χ0v) is 14.0. The molecule has 0 saturated heterocycles. The third kappa shape index (κ3) is 3.80. The number of aromatic nitrogens is 2. The second-order valence-corrected chi connectivity index (χ2v) is 6.36. The Hall–Kier alpha value is -2.67. The van der Waals surface area contributed by atoms with Crippen molar-refractivity contribution in [2.24, 2.45) is 0 Å². The maximum absolute atomic E-state index is 12.1. The Morgan fingerprint density at radius 2 is 2.08 bits per heavy atom. The average molecular weight is 342 g/mol. The van der Waals surface area contributed by atoms with E-state index in [4.69, 9.17) is 0 Å². The van der Waals surface area contributed by atoms with Crippen molar-refractivity contribution >= 4 is 34.2 Å². The minimum Gasteiger partial charge on any atom is -0.354 e. The number of para-hydroxylation sites is 2. The summed E-state index contributed by atoms with van der Waals surface area (Å²) in [5, 5.41) is 7.33. The van der Waals surface area contributed by atoms with Gasteiger partial charge in [-0.1, -0.05) is 18.2 Å². The summed E-state index contributed by atoms with van der Waals surface area (Å²) in [5.74, 6) is 0.382.